The van der Waals surface area contributed by atoms with Crippen molar-refractivity contribution in [2.24, 2.45) is 0 Å². The van der Waals surface area contributed by atoms with Gasteiger partial charge in [-0.1, -0.05) is 37.1 Å². The summed E-state index contributed by atoms with van der Waals surface area (Å²) in [7, 11) is 0. The second-order valence-corrected chi connectivity index (χ2v) is 9.60. The van der Waals surface area contributed by atoms with Crippen LogP contribution in [0.15, 0.2) is 66.0 Å². The summed E-state index contributed by atoms with van der Waals surface area (Å²) in [5.74, 6) is 0.235. The minimum atomic E-state index is -0.482. The first-order chi connectivity index (χ1) is 16.2. The zero-order chi connectivity index (χ0) is 22.8. The zero-order valence-corrected chi connectivity index (χ0v) is 19.5. The molecule has 170 valence electrons. The third-order valence-electron chi connectivity index (χ3n) is 6.64. The van der Waals surface area contributed by atoms with Gasteiger partial charge in [-0.15, -0.1) is 11.3 Å². The molecule has 0 spiro atoms. The Kier molecular flexibility index (Phi) is 6.18. The Morgan fingerprint density at radius 2 is 1.82 bits per heavy atom. The van der Waals surface area contributed by atoms with E-state index in [9.17, 15) is 9.59 Å². The summed E-state index contributed by atoms with van der Waals surface area (Å²) >= 11 is 1.61. The van der Waals surface area contributed by atoms with Crippen molar-refractivity contribution in [3.05, 3.63) is 82.0 Å². The largest absolute Gasteiger partial charge is 0.494 e. The van der Waals surface area contributed by atoms with Crippen LogP contribution in [0.25, 0.3) is 0 Å². The number of hydrogen-bond donors (Lipinski definition) is 1. The summed E-state index contributed by atoms with van der Waals surface area (Å²) in [6.45, 7) is 2.54. The van der Waals surface area contributed by atoms with E-state index in [-0.39, 0.29) is 23.9 Å². The normalized spacial score (nSPS) is 20.5. The van der Waals surface area contributed by atoms with E-state index in [0.29, 0.717) is 12.2 Å². The van der Waals surface area contributed by atoms with Gasteiger partial charge in [0.25, 0.3) is 5.91 Å². The van der Waals surface area contributed by atoms with Gasteiger partial charge in [-0.2, -0.15) is 0 Å². The second kappa shape index (κ2) is 9.40. The molecule has 1 aromatic heterocycles. The molecule has 2 aromatic carbocycles. The number of nitrogens with zero attached hydrogens (tertiary/aromatic N) is 1. The minimum absolute atomic E-state index is 0.0426. The number of nitrogens with one attached hydrogen (secondary N) is 1. The number of fused-ring (bicyclic) bond motifs is 1. The van der Waals surface area contributed by atoms with Crippen molar-refractivity contribution >= 4 is 28.8 Å². The fraction of sp³-hybridized carbons (Fsp3) is 0.333. The molecule has 33 heavy (non-hydrogen) atoms. The summed E-state index contributed by atoms with van der Waals surface area (Å²) in [6.07, 6.45) is 4.22. The maximum atomic E-state index is 13.8. The summed E-state index contributed by atoms with van der Waals surface area (Å²) in [5.41, 5.74) is 2.16. The fourth-order valence-electron chi connectivity index (χ4n) is 5.20. The Labute approximate surface area is 198 Å². The first-order valence-corrected chi connectivity index (χ1v) is 12.5. The van der Waals surface area contributed by atoms with Gasteiger partial charge in [0.2, 0.25) is 5.91 Å². The van der Waals surface area contributed by atoms with Crippen molar-refractivity contribution in [1.29, 1.82) is 0 Å². The van der Waals surface area contributed by atoms with Crippen molar-refractivity contribution < 1.29 is 14.3 Å². The highest BCUT2D eigenvalue weighted by molar-refractivity contribution is 7.10. The number of thiophene rings is 1. The van der Waals surface area contributed by atoms with Gasteiger partial charge in [-0.05, 0) is 67.1 Å². The van der Waals surface area contributed by atoms with Crippen LogP contribution in [0.5, 0.6) is 5.75 Å². The third kappa shape index (κ3) is 4.15. The number of anilines is 1. The average Bonchev–Trinajstić information content (AvgIpc) is 3.55. The molecular weight excluding hydrogens is 432 g/mol. The number of carbonyl (C=O) groups is 2. The lowest BCUT2D eigenvalue weighted by Crippen LogP contribution is -2.49. The van der Waals surface area contributed by atoms with Crippen molar-refractivity contribution in [2.75, 3.05) is 11.9 Å². The summed E-state index contributed by atoms with van der Waals surface area (Å²) in [6, 6.07) is 18.9. The van der Waals surface area contributed by atoms with Crippen molar-refractivity contribution in [3.63, 3.8) is 0 Å². The molecule has 2 amide bonds. The van der Waals surface area contributed by atoms with Gasteiger partial charge in [-0.3, -0.25) is 9.59 Å². The van der Waals surface area contributed by atoms with Crippen LogP contribution in [0.2, 0.25) is 0 Å². The van der Waals surface area contributed by atoms with E-state index >= 15 is 0 Å². The molecule has 0 bridgehead atoms. The summed E-state index contributed by atoms with van der Waals surface area (Å²) in [5, 5.41) is 5.13. The molecule has 2 aliphatic rings. The van der Waals surface area contributed by atoms with Crippen molar-refractivity contribution in [2.45, 2.75) is 50.6 Å². The van der Waals surface area contributed by atoms with Crippen molar-refractivity contribution in [1.82, 2.24) is 4.90 Å². The average molecular weight is 461 g/mol. The Bertz CT molecular complexity index is 1120. The lowest BCUT2D eigenvalue weighted by atomic mass is 9.80. The molecule has 2 unspecified atom stereocenters. The van der Waals surface area contributed by atoms with Crippen molar-refractivity contribution in [3.8, 4) is 5.75 Å². The van der Waals surface area contributed by atoms with Crippen LogP contribution in [-0.2, 0) is 4.79 Å². The molecule has 3 aromatic rings. The highest BCUT2D eigenvalue weighted by atomic mass is 32.1. The van der Waals surface area contributed by atoms with E-state index in [0.717, 1.165) is 47.6 Å². The predicted molar refractivity (Wildman–Crippen MR) is 131 cm³/mol. The number of amides is 2. The first kappa shape index (κ1) is 21.7. The second-order valence-electron chi connectivity index (χ2n) is 8.62. The fourth-order valence-corrected chi connectivity index (χ4v) is 6.06. The van der Waals surface area contributed by atoms with Crippen LogP contribution >= 0.6 is 11.3 Å². The minimum Gasteiger partial charge on any atom is -0.494 e. The number of rotatable bonds is 6. The molecule has 2 heterocycles. The molecule has 1 saturated carbocycles. The smallest absolute Gasteiger partial charge is 0.254 e. The number of benzene rings is 2. The molecule has 0 radical (unpaired) electrons. The van der Waals surface area contributed by atoms with Crippen LogP contribution in [0.1, 0.15) is 65.4 Å². The molecule has 5 rings (SSSR count). The van der Waals surface area contributed by atoms with E-state index in [1.54, 1.807) is 11.3 Å². The number of ether oxygens (including phenoxy) is 1. The monoisotopic (exact) mass is 460 g/mol. The van der Waals surface area contributed by atoms with Gasteiger partial charge in [0.1, 0.15) is 5.75 Å². The third-order valence-corrected chi connectivity index (χ3v) is 7.59. The standard InChI is InChI=1S/C27H28N2O3S/c1-2-32-20-15-13-18(14-16-20)28-26(30)24-21-10-5-6-11-22(21)27(31)29(19-8-3-4-9-19)25(24)23-12-7-17-33-23/h5-7,10-17,19,24-25H,2-4,8-9H2,1H3,(H,28,30). The molecule has 1 N–H and O–H groups in total. The lowest BCUT2D eigenvalue weighted by molar-refractivity contribution is -0.119. The van der Waals surface area contributed by atoms with Gasteiger partial charge in [0.05, 0.1) is 18.6 Å². The summed E-state index contributed by atoms with van der Waals surface area (Å²) < 4.78 is 5.52. The van der Waals surface area contributed by atoms with Crippen LogP contribution in [-0.4, -0.2) is 29.4 Å². The Morgan fingerprint density at radius 3 is 2.52 bits per heavy atom. The molecule has 6 heteroatoms. The Hall–Kier alpha value is -3.12. The maximum absolute atomic E-state index is 13.8. The molecule has 2 atom stereocenters. The summed E-state index contributed by atoms with van der Waals surface area (Å²) in [4.78, 5) is 30.6. The topological polar surface area (TPSA) is 58.6 Å². The van der Waals surface area contributed by atoms with Crippen LogP contribution in [0.4, 0.5) is 5.69 Å². The maximum Gasteiger partial charge on any atom is 0.254 e. The molecule has 1 fully saturated rings. The molecule has 0 saturated heterocycles. The van der Waals surface area contributed by atoms with E-state index in [1.165, 1.54) is 0 Å². The first-order valence-electron chi connectivity index (χ1n) is 11.7. The van der Waals surface area contributed by atoms with Gasteiger partial charge >= 0.3 is 0 Å². The molecule has 5 nitrogen and oxygen atoms in total. The SMILES string of the molecule is CCOc1ccc(NC(=O)C2c3ccccc3C(=O)N(C3CCCC3)C2c2cccs2)cc1. The highest BCUT2D eigenvalue weighted by Crippen LogP contribution is 2.47. The van der Waals surface area contributed by atoms with Gasteiger partial charge in [0, 0.05) is 22.2 Å². The van der Waals surface area contributed by atoms with E-state index < -0.39 is 5.92 Å². The molecular formula is C27H28N2O3S. The van der Waals surface area contributed by atoms with E-state index in [4.69, 9.17) is 4.74 Å². The van der Waals surface area contributed by atoms with Gasteiger partial charge < -0.3 is 15.0 Å². The van der Waals surface area contributed by atoms with Crippen LogP contribution < -0.4 is 10.1 Å². The quantitative estimate of drug-likeness (QED) is 0.490. The Balaban J connectivity index is 1.55. The van der Waals surface area contributed by atoms with E-state index in [1.807, 2.05) is 71.8 Å². The van der Waals surface area contributed by atoms with Crippen LogP contribution in [0.3, 0.4) is 0 Å². The molecule has 1 aliphatic carbocycles. The van der Waals surface area contributed by atoms with Gasteiger partial charge in [-0.25, -0.2) is 0 Å². The number of carbonyl (C=O) groups excluding carboxylic acids is 2. The highest BCUT2D eigenvalue weighted by Gasteiger charge is 2.47. The Morgan fingerprint density at radius 1 is 1.06 bits per heavy atom. The molecule has 1 aliphatic heterocycles. The van der Waals surface area contributed by atoms with Crippen LogP contribution in [0, 0.1) is 0 Å². The number of hydrogen-bond acceptors (Lipinski definition) is 4. The lowest BCUT2D eigenvalue weighted by Gasteiger charge is -2.44. The van der Waals surface area contributed by atoms with Gasteiger partial charge in [0.15, 0.2) is 0 Å². The zero-order valence-electron chi connectivity index (χ0n) is 18.7. The predicted octanol–water partition coefficient (Wildman–Crippen LogP) is 6.01. The van der Waals surface area contributed by atoms with E-state index in [2.05, 4.69) is 11.4 Å².